The van der Waals surface area contributed by atoms with E-state index in [1.54, 1.807) is 6.07 Å². The average molecular weight is 463 g/mol. The normalized spacial score (nSPS) is 11.9. The van der Waals surface area contributed by atoms with Crippen LogP contribution in [0, 0.1) is 5.92 Å². The summed E-state index contributed by atoms with van der Waals surface area (Å²) >= 11 is 13.3. The highest BCUT2D eigenvalue weighted by Crippen LogP contribution is 2.26. The fraction of sp³-hybridized carbons (Fsp3) is 0.238. The van der Waals surface area contributed by atoms with Gasteiger partial charge >= 0.3 is 0 Å². The summed E-state index contributed by atoms with van der Waals surface area (Å²) in [7, 11) is 0. The standard InChI is InChI=1S/C21H20Cl2N4O2S/c1-12(2)10-17(24-18(28)15-9-8-14(22)11-16(15)23)19(29)25-21-27-26-20(30-21)13-6-4-3-5-7-13/h3-9,11-12,17H,10H2,1-2H3,(H,24,28)(H,25,27,29). The largest absolute Gasteiger partial charge is 0.340 e. The molecule has 1 atom stereocenters. The van der Waals surface area contributed by atoms with Crippen LogP contribution in [0.4, 0.5) is 5.13 Å². The number of nitrogens with one attached hydrogen (secondary N) is 2. The van der Waals surface area contributed by atoms with Gasteiger partial charge in [-0.15, -0.1) is 10.2 Å². The number of carbonyl (C=O) groups is 2. The zero-order valence-corrected chi connectivity index (χ0v) is 18.7. The van der Waals surface area contributed by atoms with E-state index in [4.69, 9.17) is 23.2 Å². The van der Waals surface area contributed by atoms with Gasteiger partial charge in [-0.05, 0) is 30.5 Å². The summed E-state index contributed by atoms with van der Waals surface area (Å²) in [6.07, 6.45) is 0.452. The van der Waals surface area contributed by atoms with E-state index in [2.05, 4.69) is 20.8 Å². The second-order valence-corrected chi connectivity index (χ2v) is 8.87. The molecular formula is C21H20Cl2N4O2S. The number of rotatable bonds is 7. The molecule has 0 fully saturated rings. The van der Waals surface area contributed by atoms with Crippen LogP contribution < -0.4 is 10.6 Å². The molecule has 0 radical (unpaired) electrons. The van der Waals surface area contributed by atoms with Crippen LogP contribution in [0.3, 0.4) is 0 Å². The monoisotopic (exact) mass is 462 g/mol. The van der Waals surface area contributed by atoms with Crippen molar-refractivity contribution in [1.82, 2.24) is 15.5 Å². The Bertz CT molecular complexity index is 1040. The first-order chi connectivity index (χ1) is 14.3. The van der Waals surface area contributed by atoms with Gasteiger partial charge in [0, 0.05) is 10.6 Å². The number of amides is 2. The predicted octanol–water partition coefficient (Wildman–Crippen LogP) is 5.30. The van der Waals surface area contributed by atoms with E-state index >= 15 is 0 Å². The van der Waals surface area contributed by atoms with E-state index in [-0.39, 0.29) is 22.4 Å². The maximum absolute atomic E-state index is 12.9. The van der Waals surface area contributed by atoms with Crippen LogP contribution in [0.5, 0.6) is 0 Å². The zero-order valence-electron chi connectivity index (χ0n) is 16.4. The fourth-order valence-electron chi connectivity index (χ4n) is 2.78. The van der Waals surface area contributed by atoms with Crippen molar-refractivity contribution < 1.29 is 9.59 Å². The zero-order chi connectivity index (χ0) is 21.7. The summed E-state index contributed by atoms with van der Waals surface area (Å²) in [5, 5.41) is 15.4. The smallest absolute Gasteiger partial charge is 0.253 e. The highest BCUT2D eigenvalue weighted by Gasteiger charge is 2.24. The summed E-state index contributed by atoms with van der Waals surface area (Å²) in [5.41, 5.74) is 1.17. The molecule has 0 bridgehead atoms. The lowest BCUT2D eigenvalue weighted by Gasteiger charge is -2.19. The minimum atomic E-state index is -0.756. The van der Waals surface area contributed by atoms with Gasteiger partial charge in [-0.3, -0.25) is 14.9 Å². The Labute approximate surface area is 188 Å². The molecule has 0 aliphatic heterocycles. The van der Waals surface area contributed by atoms with Crippen LogP contribution in [0.15, 0.2) is 48.5 Å². The van der Waals surface area contributed by atoms with E-state index < -0.39 is 11.9 Å². The summed E-state index contributed by atoms with van der Waals surface area (Å²) in [6.45, 7) is 3.94. The van der Waals surface area contributed by atoms with Crippen LogP contribution in [-0.2, 0) is 4.79 Å². The SMILES string of the molecule is CC(C)CC(NC(=O)c1ccc(Cl)cc1Cl)C(=O)Nc1nnc(-c2ccccc2)s1. The number of carbonyl (C=O) groups excluding carboxylic acids is 2. The van der Waals surface area contributed by atoms with Gasteiger partial charge < -0.3 is 5.32 Å². The van der Waals surface area contributed by atoms with Crippen molar-refractivity contribution in [3.63, 3.8) is 0 Å². The molecule has 0 aliphatic carbocycles. The molecule has 9 heteroatoms. The Kier molecular flexibility index (Phi) is 7.42. The van der Waals surface area contributed by atoms with Crippen LogP contribution in [0.25, 0.3) is 10.6 Å². The first kappa shape index (κ1) is 22.2. The van der Waals surface area contributed by atoms with Gasteiger partial charge in [0.25, 0.3) is 5.91 Å². The van der Waals surface area contributed by atoms with Crippen molar-refractivity contribution in [1.29, 1.82) is 0 Å². The lowest BCUT2D eigenvalue weighted by Crippen LogP contribution is -2.44. The van der Waals surface area contributed by atoms with E-state index in [9.17, 15) is 9.59 Å². The Morgan fingerprint density at radius 1 is 1.07 bits per heavy atom. The van der Waals surface area contributed by atoms with Crippen LogP contribution in [0.2, 0.25) is 10.0 Å². The molecule has 0 saturated heterocycles. The lowest BCUT2D eigenvalue weighted by molar-refractivity contribution is -0.118. The molecule has 6 nitrogen and oxygen atoms in total. The fourth-order valence-corrected chi connectivity index (χ4v) is 4.02. The first-order valence-electron chi connectivity index (χ1n) is 9.29. The number of benzene rings is 2. The molecule has 1 unspecified atom stereocenters. The lowest BCUT2D eigenvalue weighted by atomic mass is 10.0. The Balaban J connectivity index is 1.72. The summed E-state index contributed by atoms with van der Waals surface area (Å²) in [6, 6.07) is 13.4. The summed E-state index contributed by atoms with van der Waals surface area (Å²) < 4.78 is 0. The molecule has 3 aromatic rings. The van der Waals surface area contributed by atoms with Crippen LogP contribution in [0.1, 0.15) is 30.6 Å². The third-order valence-corrected chi connectivity index (χ3v) is 5.62. The van der Waals surface area contributed by atoms with Crippen LogP contribution >= 0.6 is 34.5 Å². The molecular weight excluding hydrogens is 443 g/mol. The maximum atomic E-state index is 12.9. The van der Waals surface area contributed by atoms with Crippen molar-refractivity contribution in [2.45, 2.75) is 26.3 Å². The van der Waals surface area contributed by atoms with Gasteiger partial charge in [-0.2, -0.15) is 0 Å². The molecule has 156 valence electrons. The molecule has 1 aromatic heterocycles. The van der Waals surface area contributed by atoms with E-state index in [0.717, 1.165) is 5.56 Å². The Morgan fingerprint density at radius 2 is 1.80 bits per heavy atom. The molecule has 2 aromatic carbocycles. The minimum absolute atomic E-state index is 0.177. The second kappa shape index (κ2) is 10.0. The molecule has 2 amide bonds. The molecule has 0 saturated carbocycles. The number of halogens is 2. The van der Waals surface area contributed by atoms with E-state index in [1.807, 2.05) is 44.2 Å². The third-order valence-electron chi connectivity index (χ3n) is 4.18. The Hall–Kier alpha value is -2.48. The number of hydrogen-bond acceptors (Lipinski definition) is 5. The number of nitrogens with zero attached hydrogens (tertiary/aromatic N) is 2. The molecule has 30 heavy (non-hydrogen) atoms. The van der Waals surface area contributed by atoms with Crippen LogP contribution in [-0.4, -0.2) is 28.1 Å². The number of aromatic nitrogens is 2. The quantitative estimate of drug-likeness (QED) is 0.499. The molecule has 2 N–H and O–H groups in total. The summed E-state index contributed by atoms with van der Waals surface area (Å²) in [4.78, 5) is 25.5. The maximum Gasteiger partial charge on any atom is 0.253 e. The van der Waals surface area contributed by atoms with Gasteiger partial charge in [0.05, 0.1) is 10.6 Å². The van der Waals surface area contributed by atoms with Crippen molar-refractivity contribution in [2.24, 2.45) is 5.92 Å². The number of anilines is 1. The first-order valence-corrected chi connectivity index (χ1v) is 10.9. The van der Waals surface area contributed by atoms with Crippen molar-refractivity contribution >= 4 is 51.5 Å². The highest BCUT2D eigenvalue weighted by molar-refractivity contribution is 7.18. The topological polar surface area (TPSA) is 84.0 Å². The van der Waals surface area contributed by atoms with Gasteiger partial charge in [-0.1, -0.05) is 78.7 Å². The van der Waals surface area contributed by atoms with Gasteiger partial charge in [0.2, 0.25) is 11.0 Å². The van der Waals surface area contributed by atoms with Gasteiger partial charge in [0.1, 0.15) is 11.0 Å². The van der Waals surface area contributed by atoms with Crippen molar-refractivity contribution in [3.8, 4) is 10.6 Å². The second-order valence-electron chi connectivity index (χ2n) is 7.05. The summed E-state index contributed by atoms with van der Waals surface area (Å²) in [5.74, 6) is -0.631. The molecule has 0 aliphatic rings. The third kappa shape index (κ3) is 5.78. The number of hydrogen-bond donors (Lipinski definition) is 2. The van der Waals surface area contributed by atoms with E-state index in [0.29, 0.717) is 21.6 Å². The molecule has 1 heterocycles. The Morgan fingerprint density at radius 3 is 2.47 bits per heavy atom. The van der Waals surface area contributed by atoms with Crippen molar-refractivity contribution in [2.75, 3.05) is 5.32 Å². The minimum Gasteiger partial charge on any atom is -0.340 e. The molecule has 0 spiro atoms. The average Bonchev–Trinajstić information content (AvgIpc) is 3.16. The van der Waals surface area contributed by atoms with Gasteiger partial charge in [0.15, 0.2) is 0 Å². The van der Waals surface area contributed by atoms with Gasteiger partial charge in [-0.25, -0.2) is 0 Å². The predicted molar refractivity (Wildman–Crippen MR) is 121 cm³/mol. The van der Waals surface area contributed by atoms with Crippen molar-refractivity contribution in [3.05, 3.63) is 64.1 Å². The highest BCUT2D eigenvalue weighted by atomic mass is 35.5. The molecule has 3 rings (SSSR count). The van der Waals surface area contributed by atoms with E-state index in [1.165, 1.54) is 23.5 Å².